The van der Waals surface area contributed by atoms with E-state index in [1.54, 1.807) is 0 Å². The molecule has 0 spiro atoms. The van der Waals surface area contributed by atoms with Crippen LogP contribution in [0.4, 0.5) is 5.82 Å². The van der Waals surface area contributed by atoms with Crippen LogP contribution in [-0.4, -0.2) is 72.8 Å². The highest BCUT2D eigenvalue weighted by molar-refractivity contribution is 5.92. The molecule has 42 heavy (non-hydrogen) atoms. The molecule has 2 N–H and O–H groups in total. The lowest BCUT2D eigenvalue weighted by Crippen LogP contribution is -2.40. The first-order chi connectivity index (χ1) is 20.6. The Labute approximate surface area is 245 Å². The van der Waals surface area contributed by atoms with Crippen LogP contribution in [0.1, 0.15) is 55.7 Å². The fourth-order valence-corrected chi connectivity index (χ4v) is 6.71. The van der Waals surface area contributed by atoms with Gasteiger partial charge in [0.25, 0.3) is 0 Å². The zero-order valence-corrected chi connectivity index (χ0v) is 24.0. The first-order valence-corrected chi connectivity index (χ1v) is 15.3. The van der Waals surface area contributed by atoms with E-state index in [9.17, 15) is 4.79 Å². The van der Waals surface area contributed by atoms with Crippen LogP contribution in [0.25, 0.3) is 27.5 Å². The fraction of sp³-hybridized carbons (Fsp3) is 0.394. The number of benzene rings is 2. The summed E-state index contributed by atoms with van der Waals surface area (Å²) in [5, 5.41) is 10.6. The fourth-order valence-electron chi connectivity index (χ4n) is 6.71. The number of aromatic nitrogens is 5. The van der Waals surface area contributed by atoms with Crippen molar-refractivity contribution >= 4 is 28.1 Å². The summed E-state index contributed by atoms with van der Waals surface area (Å²) in [6.45, 7) is 5.43. The van der Waals surface area contributed by atoms with Gasteiger partial charge in [0.05, 0.1) is 12.1 Å². The highest BCUT2D eigenvalue weighted by Crippen LogP contribution is 2.37. The number of hydrogen-bond acceptors (Lipinski definition) is 6. The number of carbonyl (C=O) groups excluding carboxylic acids is 1. The van der Waals surface area contributed by atoms with Gasteiger partial charge in [-0.3, -0.25) is 9.48 Å². The molecule has 9 nitrogen and oxygen atoms in total. The molecule has 2 saturated heterocycles. The Kier molecular flexibility index (Phi) is 7.34. The van der Waals surface area contributed by atoms with Crippen LogP contribution < -0.4 is 5.73 Å². The number of nitrogen functional groups attached to an aromatic ring is 1. The van der Waals surface area contributed by atoms with E-state index in [4.69, 9.17) is 10.8 Å². The van der Waals surface area contributed by atoms with Gasteiger partial charge in [-0.2, -0.15) is 10.2 Å². The van der Waals surface area contributed by atoms with Gasteiger partial charge in [0.2, 0.25) is 5.91 Å². The van der Waals surface area contributed by atoms with E-state index in [0.717, 1.165) is 85.4 Å². The van der Waals surface area contributed by atoms with Crippen molar-refractivity contribution in [2.75, 3.05) is 38.5 Å². The van der Waals surface area contributed by atoms with Crippen molar-refractivity contribution in [3.05, 3.63) is 78.4 Å². The molecule has 2 fully saturated rings. The van der Waals surface area contributed by atoms with Gasteiger partial charge in [0.15, 0.2) is 5.82 Å². The average molecular weight is 563 g/mol. The molecule has 3 aromatic heterocycles. The maximum atomic E-state index is 13.0. The van der Waals surface area contributed by atoms with E-state index in [1.807, 2.05) is 15.3 Å². The second-order valence-corrected chi connectivity index (χ2v) is 11.8. The largest absolute Gasteiger partial charge is 0.382 e. The van der Waals surface area contributed by atoms with Crippen molar-refractivity contribution in [1.82, 2.24) is 34.2 Å². The van der Waals surface area contributed by atoms with E-state index in [-0.39, 0.29) is 5.91 Å². The number of carbonyl (C=O) groups is 1. The summed E-state index contributed by atoms with van der Waals surface area (Å²) in [7, 11) is 0. The summed E-state index contributed by atoms with van der Waals surface area (Å²) in [6, 6.07) is 19.0. The zero-order chi connectivity index (χ0) is 28.5. The highest BCUT2D eigenvalue weighted by atomic mass is 16.2. The molecule has 1 amide bonds. The predicted octanol–water partition coefficient (Wildman–Crippen LogP) is 4.96. The first-order valence-electron chi connectivity index (χ1n) is 15.3. The Balaban J connectivity index is 1.10. The van der Waals surface area contributed by atoms with E-state index < -0.39 is 0 Å². The van der Waals surface area contributed by atoms with E-state index >= 15 is 0 Å². The lowest BCUT2D eigenvalue weighted by atomic mass is 9.92. The average Bonchev–Trinajstić information content (AvgIpc) is 3.62. The van der Waals surface area contributed by atoms with E-state index in [0.29, 0.717) is 18.2 Å². The summed E-state index contributed by atoms with van der Waals surface area (Å²) in [5.41, 5.74) is 12.6. The molecule has 2 aromatic carbocycles. The van der Waals surface area contributed by atoms with Crippen molar-refractivity contribution in [3.8, 4) is 11.1 Å². The Morgan fingerprint density at radius 3 is 2.57 bits per heavy atom. The van der Waals surface area contributed by atoms with Crippen LogP contribution in [0.2, 0.25) is 0 Å². The third kappa shape index (κ3) is 5.36. The van der Waals surface area contributed by atoms with Crippen LogP contribution in [0.15, 0.2) is 67.1 Å². The molecule has 0 aliphatic carbocycles. The van der Waals surface area contributed by atoms with Crippen molar-refractivity contribution < 1.29 is 4.79 Å². The maximum Gasteiger partial charge on any atom is 0.223 e. The molecule has 5 heterocycles. The second-order valence-electron chi connectivity index (χ2n) is 11.8. The van der Waals surface area contributed by atoms with Crippen LogP contribution in [0.5, 0.6) is 0 Å². The molecule has 0 radical (unpaired) electrons. The molecular formula is C33H38N8O. The van der Waals surface area contributed by atoms with E-state index in [2.05, 4.69) is 74.6 Å². The SMILES string of the molecule is Nc1ncnn2c(C3CCN(C(=O)CCN4CCCCC4)CC3)cc(-c3ccc4cn(Cc5ccccc5)nc4c3)c12. The summed E-state index contributed by atoms with van der Waals surface area (Å²) < 4.78 is 3.96. The number of hydrogen-bond donors (Lipinski definition) is 1. The number of anilines is 1. The van der Waals surface area contributed by atoms with Gasteiger partial charge in [-0.15, -0.1) is 0 Å². The minimum atomic E-state index is 0.284. The van der Waals surface area contributed by atoms with Gasteiger partial charge >= 0.3 is 0 Å². The van der Waals surface area contributed by atoms with Crippen molar-refractivity contribution in [3.63, 3.8) is 0 Å². The van der Waals surface area contributed by atoms with Crippen molar-refractivity contribution in [2.24, 2.45) is 0 Å². The highest BCUT2D eigenvalue weighted by Gasteiger charge is 2.28. The number of rotatable bonds is 7. The third-order valence-electron chi connectivity index (χ3n) is 9.02. The Morgan fingerprint density at radius 1 is 0.952 bits per heavy atom. The molecule has 0 saturated carbocycles. The van der Waals surface area contributed by atoms with Crippen LogP contribution in [0.3, 0.4) is 0 Å². The molecule has 5 aromatic rings. The van der Waals surface area contributed by atoms with E-state index in [1.165, 1.54) is 31.2 Å². The standard InChI is InChI=1S/C33H38N8O/c34-33-32-28(26-9-10-27-22-40(37-29(27)19-26)21-24-7-3-1-4-8-24)20-30(41(32)36-23-35-33)25-11-17-39(18-12-25)31(42)13-16-38-14-5-2-6-15-38/h1,3-4,7-10,19-20,22-23,25H,2,5-6,11-18,21H2,(H2,34,35,36). The molecular weight excluding hydrogens is 524 g/mol. The van der Waals surface area contributed by atoms with Gasteiger partial charge in [-0.05, 0) is 62.0 Å². The zero-order valence-electron chi connectivity index (χ0n) is 24.0. The summed E-state index contributed by atoms with van der Waals surface area (Å²) in [5.74, 6) is 1.04. The number of fused-ring (bicyclic) bond motifs is 2. The van der Waals surface area contributed by atoms with Gasteiger partial charge < -0.3 is 15.5 Å². The molecule has 2 aliphatic rings. The van der Waals surface area contributed by atoms with Crippen molar-refractivity contribution in [1.29, 1.82) is 0 Å². The Hall–Kier alpha value is -4.24. The summed E-state index contributed by atoms with van der Waals surface area (Å²) >= 11 is 0. The number of nitrogens with zero attached hydrogens (tertiary/aromatic N) is 7. The molecule has 0 atom stereocenters. The van der Waals surface area contributed by atoms with Crippen LogP contribution in [0, 0.1) is 0 Å². The van der Waals surface area contributed by atoms with Crippen LogP contribution in [-0.2, 0) is 11.3 Å². The topological polar surface area (TPSA) is 97.6 Å². The quantitative estimate of drug-likeness (QED) is 0.301. The smallest absolute Gasteiger partial charge is 0.223 e. The molecule has 216 valence electrons. The predicted molar refractivity (Wildman–Crippen MR) is 165 cm³/mol. The molecule has 7 rings (SSSR count). The number of piperidine rings is 2. The van der Waals surface area contributed by atoms with Crippen LogP contribution >= 0.6 is 0 Å². The Morgan fingerprint density at radius 2 is 1.76 bits per heavy atom. The second kappa shape index (κ2) is 11.6. The number of likely N-dealkylation sites (tertiary alicyclic amines) is 2. The lowest BCUT2D eigenvalue weighted by Gasteiger charge is -2.33. The summed E-state index contributed by atoms with van der Waals surface area (Å²) in [4.78, 5) is 21.8. The minimum Gasteiger partial charge on any atom is -0.382 e. The van der Waals surface area contributed by atoms with Crippen molar-refractivity contribution in [2.45, 2.75) is 51.0 Å². The molecule has 9 heteroatoms. The minimum absolute atomic E-state index is 0.284. The molecule has 0 unspecified atom stereocenters. The first kappa shape index (κ1) is 26.6. The van der Waals surface area contributed by atoms with Gasteiger partial charge in [-0.25, -0.2) is 9.50 Å². The maximum absolute atomic E-state index is 13.0. The number of amides is 1. The number of nitrogens with two attached hydrogens (primary N) is 1. The molecule has 2 aliphatic heterocycles. The molecule has 0 bridgehead atoms. The van der Waals surface area contributed by atoms with Gasteiger partial charge in [0, 0.05) is 54.8 Å². The normalized spacial score (nSPS) is 16.9. The van der Waals surface area contributed by atoms with Gasteiger partial charge in [-0.1, -0.05) is 48.9 Å². The monoisotopic (exact) mass is 562 g/mol. The summed E-state index contributed by atoms with van der Waals surface area (Å²) in [6.07, 6.45) is 9.90. The van der Waals surface area contributed by atoms with Gasteiger partial charge in [0.1, 0.15) is 11.8 Å². The third-order valence-corrected chi connectivity index (χ3v) is 9.02. The Bertz CT molecular complexity index is 1690. The lowest BCUT2D eigenvalue weighted by molar-refractivity contribution is -0.132.